The molecule has 0 saturated heterocycles. The number of nitrogens with zero attached hydrogens (tertiary/aromatic N) is 1. The third kappa shape index (κ3) is 3.59. The lowest BCUT2D eigenvalue weighted by Crippen LogP contribution is -2.11. The number of carbonyl (C=O) groups excluding carboxylic acids is 1. The van der Waals surface area contributed by atoms with Crippen molar-refractivity contribution in [2.45, 2.75) is 25.7 Å². The van der Waals surface area contributed by atoms with Crippen LogP contribution in [0.2, 0.25) is 5.02 Å². The van der Waals surface area contributed by atoms with Gasteiger partial charge in [-0.15, -0.1) is 0 Å². The summed E-state index contributed by atoms with van der Waals surface area (Å²) in [6.45, 7) is 0. The molecule has 1 aromatic carbocycles. The van der Waals surface area contributed by atoms with Gasteiger partial charge in [0.25, 0.3) is 0 Å². The van der Waals surface area contributed by atoms with Crippen LogP contribution in [0, 0.1) is 17.2 Å². The molecule has 0 heterocycles. The summed E-state index contributed by atoms with van der Waals surface area (Å²) >= 11 is 5.79. The molecular weight excluding hydrogens is 262 g/mol. The van der Waals surface area contributed by atoms with Crippen LogP contribution >= 0.6 is 11.6 Å². The van der Waals surface area contributed by atoms with Crippen LogP contribution in [0.25, 0.3) is 5.57 Å². The highest BCUT2D eigenvalue weighted by Gasteiger charge is 2.23. The van der Waals surface area contributed by atoms with E-state index in [2.05, 4.69) is 0 Å². The van der Waals surface area contributed by atoms with E-state index in [0.29, 0.717) is 16.2 Å². The smallest absolute Gasteiger partial charge is 0.313 e. The van der Waals surface area contributed by atoms with Crippen LogP contribution in [-0.4, -0.2) is 5.97 Å². The van der Waals surface area contributed by atoms with Crippen LogP contribution in [0.4, 0.5) is 0 Å². The minimum atomic E-state index is -0.237. The minimum Gasteiger partial charge on any atom is -0.433 e. The predicted molar refractivity (Wildman–Crippen MR) is 73.1 cm³/mol. The van der Waals surface area contributed by atoms with E-state index in [1.54, 1.807) is 24.3 Å². The number of halogens is 1. The summed E-state index contributed by atoms with van der Waals surface area (Å²) in [6.07, 6.45) is 5.16. The summed E-state index contributed by atoms with van der Waals surface area (Å²) < 4.78 is 5.11. The van der Waals surface area contributed by atoms with E-state index >= 15 is 0 Å². The normalized spacial score (nSPS) is 16.1. The van der Waals surface area contributed by atoms with Gasteiger partial charge < -0.3 is 4.74 Å². The van der Waals surface area contributed by atoms with Crippen molar-refractivity contribution in [3.8, 4) is 6.07 Å². The monoisotopic (exact) mass is 275 g/mol. The van der Waals surface area contributed by atoms with E-state index in [1.807, 2.05) is 6.07 Å². The third-order valence-electron chi connectivity index (χ3n) is 3.26. The lowest BCUT2D eigenvalue weighted by atomic mass is 10.1. The van der Waals surface area contributed by atoms with Crippen molar-refractivity contribution in [1.82, 2.24) is 0 Å². The van der Waals surface area contributed by atoms with Gasteiger partial charge in [-0.05, 0) is 30.5 Å². The highest BCUT2D eigenvalue weighted by molar-refractivity contribution is 6.30. The Balaban J connectivity index is 2.05. The molecule has 0 atom stereocenters. The largest absolute Gasteiger partial charge is 0.433 e. The molecule has 1 aliphatic rings. The molecule has 3 nitrogen and oxygen atoms in total. The molecule has 19 heavy (non-hydrogen) atoms. The molecule has 1 aromatic rings. The molecule has 0 unspecified atom stereocenters. The fraction of sp³-hybridized carbons (Fsp3) is 0.333. The number of carbonyl (C=O) groups is 1. The lowest BCUT2D eigenvalue weighted by Gasteiger charge is -2.06. The summed E-state index contributed by atoms with van der Waals surface area (Å²) in [5.74, 6) is -0.249. The summed E-state index contributed by atoms with van der Waals surface area (Å²) in [7, 11) is 0. The summed E-state index contributed by atoms with van der Waals surface area (Å²) in [5, 5.41) is 9.69. The van der Waals surface area contributed by atoms with Crippen LogP contribution in [0.1, 0.15) is 31.2 Å². The zero-order valence-electron chi connectivity index (χ0n) is 10.4. The van der Waals surface area contributed by atoms with Crippen molar-refractivity contribution < 1.29 is 9.53 Å². The van der Waals surface area contributed by atoms with Gasteiger partial charge in [0.15, 0.2) is 0 Å². The summed E-state index contributed by atoms with van der Waals surface area (Å²) in [4.78, 5) is 11.8. The van der Waals surface area contributed by atoms with Crippen LogP contribution in [0.3, 0.4) is 0 Å². The maximum Gasteiger partial charge on any atom is 0.313 e. The topological polar surface area (TPSA) is 50.1 Å². The number of hydrogen-bond acceptors (Lipinski definition) is 3. The number of esters is 1. The first-order chi connectivity index (χ1) is 9.20. The number of nitriles is 1. The van der Waals surface area contributed by atoms with Crippen molar-refractivity contribution in [2.75, 3.05) is 0 Å². The van der Waals surface area contributed by atoms with Gasteiger partial charge in [0, 0.05) is 5.02 Å². The zero-order valence-corrected chi connectivity index (χ0v) is 11.2. The average Bonchev–Trinajstić information content (AvgIpc) is 2.95. The Morgan fingerprint density at radius 3 is 2.53 bits per heavy atom. The second kappa shape index (κ2) is 6.40. The Kier molecular flexibility index (Phi) is 4.59. The Labute approximate surface area is 117 Å². The van der Waals surface area contributed by atoms with Gasteiger partial charge in [-0.25, -0.2) is 0 Å². The maximum atomic E-state index is 11.8. The molecule has 98 valence electrons. The molecule has 0 aliphatic heterocycles. The van der Waals surface area contributed by atoms with Crippen LogP contribution in [0.5, 0.6) is 0 Å². The Bertz CT molecular complexity index is 522. The second-order valence-electron chi connectivity index (χ2n) is 4.57. The molecule has 0 radical (unpaired) electrons. The van der Waals surface area contributed by atoms with Crippen molar-refractivity contribution in [1.29, 1.82) is 5.26 Å². The predicted octanol–water partition coefficient (Wildman–Crippen LogP) is 3.94. The summed E-state index contributed by atoms with van der Waals surface area (Å²) in [5.41, 5.74) is 1.01. The van der Waals surface area contributed by atoms with Crippen molar-refractivity contribution in [3.05, 3.63) is 41.1 Å². The van der Waals surface area contributed by atoms with Gasteiger partial charge in [-0.2, -0.15) is 5.26 Å². The molecular formula is C15H14ClNO2. The van der Waals surface area contributed by atoms with Gasteiger partial charge in [0.05, 0.1) is 11.5 Å². The van der Waals surface area contributed by atoms with E-state index in [-0.39, 0.29) is 11.9 Å². The fourth-order valence-electron chi connectivity index (χ4n) is 2.16. The highest BCUT2D eigenvalue weighted by Crippen LogP contribution is 2.26. The highest BCUT2D eigenvalue weighted by atomic mass is 35.5. The number of hydrogen-bond donors (Lipinski definition) is 0. The lowest BCUT2D eigenvalue weighted by molar-refractivity contribution is -0.142. The minimum absolute atomic E-state index is 0.0126. The van der Waals surface area contributed by atoms with Crippen molar-refractivity contribution in [2.24, 2.45) is 5.92 Å². The molecule has 0 bridgehead atoms. The van der Waals surface area contributed by atoms with Crippen LogP contribution in [0.15, 0.2) is 30.5 Å². The molecule has 1 fully saturated rings. The quantitative estimate of drug-likeness (QED) is 0.477. The molecule has 0 aromatic heterocycles. The van der Waals surface area contributed by atoms with Gasteiger partial charge in [0.2, 0.25) is 0 Å². The average molecular weight is 276 g/mol. The zero-order chi connectivity index (χ0) is 13.7. The second-order valence-corrected chi connectivity index (χ2v) is 5.00. The number of ether oxygens (including phenoxy) is 1. The van der Waals surface area contributed by atoms with E-state index in [9.17, 15) is 4.79 Å². The van der Waals surface area contributed by atoms with E-state index in [1.165, 1.54) is 6.26 Å². The SMILES string of the molecule is N#C/C(=C\OC(=O)C1CCCC1)c1ccc(Cl)cc1. The molecule has 0 spiro atoms. The Morgan fingerprint density at radius 1 is 1.32 bits per heavy atom. The Morgan fingerprint density at radius 2 is 1.95 bits per heavy atom. The van der Waals surface area contributed by atoms with Crippen LogP contribution in [-0.2, 0) is 9.53 Å². The number of allylic oxidation sites excluding steroid dienone is 1. The van der Waals surface area contributed by atoms with Gasteiger partial charge in [0.1, 0.15) is 12.3 Å². The van der Waals surface area contributed by atoms with Crippen molar-refractivity contribution in [3.63, 3.8) is 0 Å². The maximum absolute atomic E-state index is 11.8. The standard InChI is InChI=1S/C15H14ClNO2/c16-14-7-5-11(6-8-14)13(9-17)10-19-15(18)12-3-1-2-4-12/h5-8,10,12H,1-4H2/b13-10+. The molecule has 0 amide bonds. The van der Waals surface area contributed by atoms with Gasteiger partial charge in [-0.1, -0.05) is 36.6 Å². The fourth-order valence-corrected chi connectivity index (χ4v) is 2.29. The van der Waals surface area contributed by atoms with Crippen LogP contribution < -0.4 is 0 Å². The van der Waals surface area contributed by atoms with Crippen molar-refractivity contribution >= 4 is 23.1 Å². The first-order valence-electron chi connectivity index (χ1n) is 6.27. The number of benzene rings is 1. The first kappa shape index (κ1) is 13.6. The third-order valence-corrected chi connectivity index (χ3v) is 3.51. The van der Waals surface area contributed by atoms with Gasteiger partial charge >= 0.3 is 5.97 Å². The first-order valence-corrected chi connectivity index (χ1v) is 6.65. The number of rotatable bonds is 3. The Hall–Kier alpha value is -1.79. The molecule has 0 N–H and O–H groups in total. The van der Waals surface area contributed by atoms with E-state index < -0.39 is 0 Å². The molecule has 1 aliphatic carbocycles. The molecule has 4 heteroatoms. The van der Waals surface area contributed by atoms with Gasteiger partial charge in [-0.3, -0.25) is 4.79 Å². The summed E-state index contributed by atoms with van der Waals surface area (Å²) in [6, 6.07) is 8.86. The van der Waals surface area contributed by atoms with E-state index in [0.717, 1.165) is 25.7 Å². The molecule has 2 rings (SSSR count). The molecule has 1 saturated carbocycles. The van der Waals surface area contributed by atoms with E-state index in [4.69, 9.17) is 21.6 Å².